The van der Waals surface area contributed by atoms with Crippen LogP contribution in [0.15, 0.2) is 24.3 Å². The van der Waals surface area contributed by atoms with Crippen molar-refractivity contribution in [2.45, 2.75) is 31.9 Å². The topological polar surface area (TPSA) is 70.7 Å². The summed E-state index contributed by atoms with van der Waals surface area (Å²) in [6.07, 6.45) is 2.36. The van der Waals surface area contributed by atoms with Crippen molar-refractivity contribution in [1.29, 1.82) is 0 Å². The fourth-order valence-electron chi connectivity index (χ4n) is 2.72. The molecule has 0 spiro atoms. The normalized spacial score (nSPS) is 17.0. The first-order valence-corrected chi connectivity index (χ1v) is 8.17. The molecule has 0 saturated carbocycles. The molecule has 7 heteroatoms. The third-order valence-electron chi connectivity index (χ3n) is 3.92. The van der Waals surface area contributed by atoms with Crippen LogP contribution < -0.4 is 10.6 Å². The molecule has 0 aliphatic carbocycles. The zero-order valence-corrected chi connectivity index (χ0v) is 13.9. The van der Waals surface area contributed by atoms with Crippen LogP contribution >= 0.6 is 0 Å². The van der Waals surface area contributed by atoms with E-state index in [0.29, 0.717) is 19.6 Å². The Hall–Kier alpha value is -1.99. The molecule has 1 aliphatic heterocycles. The molecule has 3 amide bonds. The summed E-state index contributed by atoms with van der Waals surface area (Å²) < 4.78 is 19.0. The van der Waals surface area contributed by atoms with Gasteiger partial charge in [0, 0.05) is 39.7 Å². The Balaban J connectivity index is 1.91. The number of benzene rings is 1. The van der Waals surface area contributed by atoms with Crippen LogP contribution in [0.4, 0.5) is 9.18 Å². The van der Waals surface area contributed by atoms with Crippen molar-refractivity contribution in [2.24, 2.45) is 0 Å². The summed E-state index contributed by atoms with van der Waals surface area (Å²) in [5.74, 6) is -0.618. The van der Waals surface area contributed by atoms with Crippen LogP contribution in [0.3, 0.4) is 0 Å². The third kappa shape index (κ3) is 6.25. The summed E-state index contributed by atoms with van der Waals surface area (Å²) in [6.45, 7) is 2.45. The van der Waals surface area contributed by atoms with Crippen molar-refractivity contribution in [1.82, 2.24) is 15.5 Å². The fraction of sp³-hybridized carbons (Fsp3) is 0.529. The fourth-order valence-corrected chi connectivity index (χ4v) is 2.72. The highest BCUT2D eigenvalue weighted by Crippen LogP contribution is 2.15. The van der Waals surface area contributed by atoms with Gasteiger partial charge in [0.05, 0.1) is 6.10 Å². The van der Waals surface area contributed by atoms with Gasteiger partial charge in [-0.1, -0.05) is 12.1 Å². The number of carbonyl (C=O) groups excluding carboxylic acids is 2. The van der Waals surface area contributed by atoms with Crippen LogP contribution in [0, 0.1) is 5.82 Å². The lowest BCUT2D eigenvalue weighted by atomic mass is 10.1. The zero-order chi connectivity index (χ0) is 17.4. The van der Waals surface area contributed by atoms with Crippen LogP contribution in [0.25, 0.3) is 0 Å². The van der Waals surface area contributed by atoms with E-state index in [2.05, 4.69) is 15.5 Å². The van der Waals surface area contributed by atoms with Crippen LogP contribution in [-0.4, -0.2) is 49.7 Å². The molecule has 0 bridgehead atoms. The van der Waals surface area contributed by atoms with E-state index >= 15 is 0 Å². The summed E-state index contributed by atoms with van der Waals surface area (Å²) in [6, 6.07) is 5.91. The first-order chi connectivity index (χ1) is 11.6. The average molecular weight is 337 g/mol. The molecule has 2 rings (SSSR count). The highest BCUT2D eigenvalue weighted by atomic mass is 19.1. The molecule has 1 aliphatic rings. The zero-order valence-electron chi connectivity index (χ0n) is 13.9. The monoisotopic (exact) mass is 337 g/mol. The van der Waals surface area contributed by atoms with Gasteiger partial charge in [-0.15, -0.1) is 0 Å². The number of nitrogens with zero attached hydrogens (tertiary/aromatic N) is 1. The van der Waals surface area contributed by atoms with E-state index in [4.69, 9.17) is 4.74 Å². The molecule has 24 heavy (non-hydrogen) atoms. The molecule has 0 radical (unpaired) electrons. The van der Waals surface area contributed by atoms with Crippen molar-refractivity contribution in [2.75, 3.05) is 26.7 Å². The molecule has 6 nitrogen and oxygen atoms in total. The summed E-state index contributed by atoms with van der Waals surface area (Å²) in [4.78, 5) is 25.0. The molecule has 1 atom stereocenters. The van der Waals surface area contributed by atoms with E-state index in [1.54, 1.807) is 6.07 Å². The number of hydrogen-bond donors (Lipinski definition) is 2. The van der Waals surface area contributed by atoms with Crippen LogP contribution in [0.2, 0.25) is 0 Å². The lowest BCUT2D eigenvalue weighted by molar-refractivity contribution is -0.120. The standard InChI is InChI=1S/C17H24FN3O3/c1-19-17(23)20-16(22)7-8-21(12-15-6-3-9-24-15)11-13-4-2-5-14(18)10-13/h2,4-5,10,15H,3,6-9,11-12H2,1H3,(H2,19,20,22,23)/t15-/m1/s1. The number of rotatable bonds is 7. The Kier molecular flexibility index (Phi) is 7.14. The Morgan fingerprint density at radius 3 is 2.92 bits per heavy atom. The molecular weight excluding hydrogens is 313 g/mol. The number of amides is 3. The molecule has 0 unspecified atom stereocenters. The minimum absolute atomic E-state index is 0.139. The quantitative estimate of drug-likeness (QED) is 0.794. The lowest BCUT2D eigenvalue weighted by Gasteiger charge is -2.25. The molecular formula is C17H24FN3O3. The van der Waals surface area contributed by atoms with E-state index in [-0.39, 0.29) is 24.2 Å². The molecule has 132 valence electrons. The maximum atomic E-state index is 13.4. The maximum absolute atomic E-state index is 13.4. The number of hydrogen-bond acceptors (Lipinski definition) is 4. The van der Waals surface area contributed by atoms with Crippen molar-refractivity contribution in [3.63, 3.8) is 0 Å². The second-order valence-corrected chi connectivity index (χ2v) is 5.88. The molecule has 1 heterocycles. The van der Waals surface area contributed by atoms with Crippen molar-refractivity contribution < 1.29 is 18.7 Å². The minimum atomic E-state index is -0.518. The largest absolute Gasteiger partial charge is 0.377 e. The molecule has 2 N–H and O–H groups in total. The summed E-state index contributed by atoms with van der Waals surface area (Å²) in [5.41, 5.74) is 0.847. The van der Waals surface area contributed by atoms with Gasteiger partial charge >= 0.3 is 6.03 Å². The molecule has 1 aromatic carbocycles. The van der Waals surface area contributed by atoms with Crippen molar-refractivity contribution in [3.05, 3.63) is 35.6 Å². The second kappa shape index (κ2) is 9.34. The van der Waals surface area contributed by atoms with E-state index < -0.39 is 6.03 Å². The van der Waals surface area contributed by atoms with Gasteiger partial charge in [-0.3, -0.25) is 15.0 Å². The maximum Gasteiger partial charge on any atom is 0.321 e. The first-order valence-electron chi connectivity index (χ1n) is 8.17. The summed E-state index contributed by atoms with van der Waals surface area (Å²) in [5, 5.41) is 4.59. The van der Waals surface area contributed by atoms with Crippen molar-refractivity contribution >= 4 is 11.9 Å². The third-order valence-corrected chi connectivity index (χ3v) is 3.92. The predicted octanol–water partition coefficient (Wildman–Crippen LogP) is 1.65. The highest BCUT2D eigenvalue weighted by Gasteiger charge is 2.20. The molecule has 1 aromatic rings. The van der Waals surface area contributed by atoms with Crippen LogP contribution in [0.5, 0.6) is 0 Å². The van der Waals surface area contributed by atoms with Gasteiger partial charge in [0.15, 0.2) is 0 Å². The summed E-state index contributed by atoms with van der Waals surface area (Å²) >= 11 is 0. The predicted molar refractivity (Wildman–Crippen MR) is 87.9 cm³/mol. The number of imide groups is 1. The van der Waals surface area contributed by atoms with Gasteiger partial charge in [0.25, 0.3) is 0 Å². The van der Waals surface area contributed by atoms with E-state index in [1.807, 2.05) is 6.07 Å². The van der Waals surface area contributed by atoms with E-state index in [0.717, 1.165) is 25.0 Å². The van der Waals surface area contributed by atoms with Crippen LogP contribution in [0.1, 0.15) is 24.8 Å². The Bertz CT molecular complexity index is 562. The minimum Gasteiger partial charge on any atom is -0.377 e. The molecule has 0 aromatic heterocycles. The average Bonchev–Trinajstić information content (AvgIpc) is 3.05. The number of ether oxygens (including phenoxy) is 1. The number of urea groups is 1. The van der Waals surface area contributed by atoms with E-state index in [1.165, 1.54) is 19.2 Å². The Labute approximate surface area is 141 Å². The Morgan fingerprint density at radius 2 is 2.25 bits per heavy atom. The van der Waals surface area contributed by atoms with Crippen molar-refractivity contribution in [3.8, 4) is 0 Å². The van der Waals surface area contributed by atoms with E-state index in [9.17, 15) is 14.0 Å². The second-order valence-electron chi connectivity index (χ2n) is 5.88. The first kappa shape index (κ1) is 18.4. The van der Waals surface area contributed by atoms with Gasteiger partial charge < -0.3 is 10.1 Å². The number of carbonyl (C=O) groups is 2. The lowest BCUT2D eigenvalue weighted by Crippen LogP contribution is -2.40. The van der Waals surface area contributed by atoms with Gasteiger partial charge in [-0.05, 0) is 30.5 Å². The molecule has 1 fully saturated rings. The van der Waals surface area contributed by atoms with Gasteiger partial charge in [0.2, 0.25) is 5.91 Å². The summed E-state index contributed by atoms with van der Waals surface area (Å²) in [7, 11) is 1.45. The van der Waals surface area contributed by atoms with Crippen LogP contribution in [-0.2, 0) is 16.1 Å². The van der Waals surface area contributed by atoms with Gasteiger partial charge in [-0.2, -0.15) is 0 Å². The number of halogens is 1. The number of nitrogens with one attached hydrogen (secondary N) is 2. The van der Waals surface area contributed by atoms with Gasteiger partial charge in [-0.25, -0.2) is 9.18 Å². The van der Waals surface area contributed by atoms with Gasteiger partial charge in [0.1, 0.15) is 5.82 Å². The molecule has 1 saturated heterocycles. The smallest absolute Gasteiger partial charge is 0.321 e. The highest BCUT2D eigenvalue weighted by molar-refractivity contribution is 5.94. The Morgan fingerprint density at radius 1 is 1.42 bits per heavy atom. The SMILES string of the molecule is CNC(=O)NC(=O)CCN(Cc1cccc(F)c1)C[C@H]1CCCO1.